The fourth-order valence-electron chi connectivity index (χ4n) is 1.06. The number of nitrogens with one attached hydrogen (secondary N) is 1. The Kier molecular flexibility index (Phi) is 4.32. The van der Waals surface area contributed by atoms with E-state index in [0.29, 0.717) is 23.7 Å². The number of benzene rings is 1. The quantitative estimate of drug-likeness (QED) is 0.807. The monoisotopic (exact) mass is 216 g/mol. The van der Waals surface area contributed by atoms with Gasteiger partial charge in [-0.3, -0.25) is 0 Å². The second-order valence-electron chi connectivity index (χ2n) is 3.22. The topological polar surface area (TPSA) is 38.0 Å². The molecule has 0 saturated heterocycles. The minimum absolute atomic E-state index is 0.158. The van der Waals surface area contributed by atoms with Gasteiger partial charge in [-0.2, -0.15) is 0 Å². The molecule has 1 aromatic carbocycles. The summed E-state index contributed by atoms with van der Waals surface area (Å²) < 4.78 is 13.2. The van der Waals surface area contributed by atoms with E-state index in [4.69, 9.17) is 17.3 Å². The van der Waals surface area contributed by atoms with Gasteiger partial charge >= 0.3 is 0 Å². The van der Waals surface area contributed by atoms with Gasteiger partial charge in [0.25, 0.3) is 0 Å². The molecule has 0 aromatic heterocycles. The van der Waals surface area contributed by atoms with Gasteiger partial charge in [-0.15, -0.1) is 0 Å². The first kappa shape index (κ1) is 11.4. The summed E-state index contributed by atoms with van der Waals surface area (Å²) in [5, 5.41) is 3.53. The Bertz CT molecular complexity index is 284. The summed E-state index contributed by atoms with van der Waals surface area (Å²) in [7, 11) is 0. The Morgan fingerprint density at radius 2 is 2.29 bits per heavy atom. The molecular formula is C10H14ClFN2. The zero-order chi connectivity index (χ0) is 10.6. The molecule has 0 radical (unpaired) electrons. The molecule has 0 bridgehead atoms. The van der Waals surface area contributed by atoms with E-state index in [2.05, 4.69) is 5.32 Å². The number of rotatable bonds is 4. The van der Waals surface area contributed by atoms with Crippen LogP contribution in [0.3, 0.4) is 0 Å². The molecule has 3 N–H and O–H groups in total. The lowest BCUT2D eigenvalue weighted by atomic mass is 10.2. The summed E-state index contributed by atoms with van der Waals surface area (Å²) in [5.41, 5.74) is 5.92. The van der Waals surface area contributed by atoms with E-state index in [-0.39, 0.29) is 11.9 Å². The second-order valence-corrected chi connectivity index (χ2v) is 3.63. The summed E-state index contributed by atoms with van der Waals surface area (Å²) >= 11 is 5.84. The fraction of sp³-hybridized carbons (Fsp3) is 0.400. The Labute approximate surface area is 88.2 Å². The van der Waals surface area contributed by atoms with Gasteiger partial charge in [0.05, 0.1) is 0 Å². The number of hydrogen-bond donors (Lipinski definition) is 2. The van der Waals surface area contributed by atoms with Gasteiger partial charge < -0.3 is 11.1 Å². The average Bonchev–Trinajstić information content (AvgIpc) is 2.16. The Morgan fingerprint density at radius 3 is 2.86 bits per heavy atom. The lowest BCUT2D eigenvalue weighted by Gasteiger charge is -2.12. The Hall–Kier alpha value is -0.640. The molecule has 1 rings (SSSR count). The van der Waals surface area contributed by atoms with E-state index in [1.807, 2.05) is 6.92 Å². The molecular weight excluding hydrogens is 203 g/mol. The summed E-state index contributed by atoms with van der Waals surface area (Å²) in [5.74, 6) is -0.283. The van der Waals surface area contributed by atoms with E-state index in [0.717, 1.165) is 0 Å². The molecule has 1 aromatic rings. The van der Waals surface area contributed by atoms with Crippen molar-refractivity contribution >= 4 is 11.6 Å². The largest absolute Gasteiger partial charge is 0.329 e. The third-order valence-corrected chi connectivity index (χ3v) is 2.40. The smallest absolute Gasteiger partial charge is 0.129 e. The van der Waals surface area contributed by atoms with E-state index in [1.54, 1.807) is 12.1 Å². The van der Waals surface area contributed by atoms with Crippen LogP contribution in [0.4, 0.5) is 4.39 Å². The van der Waals surface area contributed by atoms with Gasteiger partial charge in [0.2, 0.25) is 0 Å². The van der Waals surface area contributed by atoms with Crippen molar-refractivity contribution in [2.75, 3.05) is 6.54 Å². The molecule has 0 aliphatic carbocycles. The standard InChI is InChI=1S/C10H14ClFN2/c1-7(5-13)14-6-8-9(11)3-2-4-10(8)12/h2-4,7,14H,5-6,13H2,1H3. The van der Waals surface area contributed by atoms with Gasteiger partial charge in [-0.1, -0.05) is 17.7 Å². The highest BCUT2D eigenvalue weighted by Gasteiger charge is 2.07. The van der Waals surface area contributed by atoms with E-state index >= 15 is 0 Å². The van der Waals surface area contributed by atoms with Crippen molar-refractivity contribution in [2.24, 2.45) is 5.73 Å². The fourth-order valence-corrected chi connectivity index (χ4v) is 1.29. The van der Waals surface area contributed by atoms with Gasteiger partial charge in [0.15, 0.2) is 0 Å². The van der Waals surface area contributed by atoms with Gasteiger partial charge in [0, 0.05) is 29.7 Å². The molecule has 2 nitrogen and oxygen atoms in total. The van der Waals surface area contributed by atoms with Crippen molar-refractivity contribution in [1.29, 1.82) is 0 Å². The highest BCUT2D eigenvalue weighted by Crippen LogP contribution is 2.18. The van der Waals surface area contributed by atoms with E-state index < -0.39 is 0 Å². The van der Waals surface area contributed by atoms with Crippen LogP contribution in [-0.4, -0.2) is 12.6 Å². The maximum atomic E-state index is 13.2. The van der Waals surface area contributed by atoms with Crippen LogP contribution in [0.2, 0.25) is 5.02 Å². The first-order chi connectivity index (χ1) is 6.65. The Morgan fingerprint density at radius 1 is 1.57 bits per heavy atom. The minimum atomic E-state index is -0.283. The molecule has 0 saturated carbocycles. The maximum Gasteiger partial charge on any atom is 0.129 e. The highest BCUT2D eigenvalue weighted by atomic mass is 35.5. The highest BCUT2D eigenvalue weighted by molar-refractivity contribution is 6.31. The normalized spacial score (nSPS) is 12.9. The van der Waals surface area contributed by atoms with Crippen LogP contribution >= 0.6 is 11.6 Å². The van der Waals surface area contributed by atoms with Crippen molar-refractivity contribution < 1.29 is 4.39 Å². The van der Waals surface area contributed by atoms with Crippen LogP contribution in [0.5, 0.6) is 0 Å². The van der Waals surface area contributed by atoms with Crippen molar-refractivity contribution in [3.8, 4) is 0 Å². The Balaban J connectivity index is 2.66. The van der Waals surface area contributed by atoms with Crippen LogP contribution in [0.25, 0.3) is 0 Å². The van der Waals surface area contributed by atoms with Crippen LogP contribution < -0.4 is 11.1 Å². The van der Waals surface area contributed by atoms with Crippen molar-refractivity contribution in [1.82, 2.24) is 5.32 Å². The van der Waals surface area contributed by atoms with Crippen LogP contribution in [0.1, 0.15) is 12.5 Å². The zero-order valence-electron chi connectivity index (χ0n) is 8.06. The van der Waals surface area contributed by atoms with Gasteiger partial charge in [0.1, 0.15) is 5.82 Å². The number of hydrogen-bond acceptors (Lipinski definition) is 2. The molecule has 1 atom stereocenters. The van der Waals surface area contributed by atoms with Crippen LogP contribution in [-0.2, 0) is 6.54 Å². The SMILES string of the molecule is CC(CN)NCc1c(F)cccc1Cl. The molecule has 4 heteroatoms. The van der Waals surface area contributed by atoms with Crippen molar-refractivity contribution in [2.45, 2.75) is 19.5 Å². The zero-order valence-corrected chi connectivity index (χ0v) is 8.81. The van der Waals surface area contributed by atoms with Crippen molar-refractivity contribution in [3.05, 3.63) is 34.6 Å². The lowest BCUT2D eigenvalue weighted by molar-refractivity contribution is 0.533. The number of halogens is 2. The summed E-state index contributed by atoms with van der Waals surface area (Å²) in [6, 6.07) is 4.82. The molecule has 0 fully saturated rings. The predicted molar refractivity (Wildman–Crippen MR) is 56.8 cm³/mol. The van der Waals surface area contributed by atoms with Crippen LogP contribution in [0, 0.1) is 5.82 Å². The predicted octanol–water partition coefficient (Wildman–Crippen LogP) is 1.92. The molecule has 0 heterocycles. The van der Waals surface area contributed by atoms with Crippen molar-refractivity contribution in [3.63, 3.8) is 0 Å². The summed E-state index contributed by atoms with van der Waals surface area (Å²) in [4.78, 5) is 0. The molecule has 0 amide bonds. The molecule has 14 heavy (non-hydrogen) atoms. The number of nitrogens with two attached hydrogens (primary N) is 1. The second kappa shape index (κ2) is 5.29. The molecule has 0 spiro atoms. The van der Waals surface area contributed by atoms with E-state index in [1.165, 1.54) is 6.07 Å². The lowest BCUT2D eigenvalue weighted by Crippen LogP contribution is -2.32. The third-order valence-electron chi connectivity index (χ3n) is 2.04. The molecule has 1 unspecified atom stereocenters. The summed E-state index contributed by atoms with van der Waals surface area (Å²) in [6.45, 7) is 2.87. The van der Waals surface area contributed by atoms with Crippen LogP contribution in [0.15, 0.2) is 18.2 Å². The average molecular weight is 217 g/mol. The molecule has 78 valence electrons. The summed E-state index contributed by atoms with van der Waals surface area (Å²) in [6.07, 6.45) is 0. The maximum absolute atomic E-state index is 13.2. The first-order valence-electron chi connectivity index (χ1n) is 4.51. The minimum Gasteiger partial charge on any atom is -0.329 e. The van der Waals surface area contributed by atoms with Gasteiger partial charge in [-0.25, -0.2) is 4.39 Å². The first-order valence-corrected chi connectivity index (χ1v) is 4.89. The van der Waals surface area contributed by atoms with Gasteiger partial charge in [-0.05, 0) is 19.1 Å². The molecule has 0 aliphatic heterocycles. The third kappa shape index (κ3) is 2.94. The molecule has 0 aliphatic rings. The van der Waals surface area contributed by atoms with E-state index in [9.17, 15) is 4.39 Å².